The molecule has 0 radical (unpaired) electrons. The first-order chi connectivity index (χ1) is 17.2. The zero-order valence-corrected chi connectivity index (χ0v) is 21.9. The van der Waals surface area contributed by atoms with Crippen LogP contribution in [-0.2, 0) is 24.3 Å². The molecule has 5 rings (SSSR count). The molecule has 11 heteroatoms. The first kappa shape index (κ1) is 25.6. The van der Waals surface area contributed by atoms with Crippen molar-refractivity contribution in [3.05, 3.63) is 18.2 Å². The van der Waals surface area contributed by atoms with Crippen LogP contribution in [-0.4, -0.2) is 113 Å². The normalized spacial score (nSPS) is 25.9. The van der Waals surface area contributed by atoms with E-state index in [1.165, 1.54) is 10.6 Å². The summed E-state index contributed by atoms with van der Waals surface area (Å²) in [5.41, 5.74) is 1.71. The summed E-state index contributed by atoms with van der Waals surface area (Å²) in [6.45, 7) is 8.38. The standard InChI is InChI=1S/C25H38N4O6S/c1-36(32,33)29-8-5-25(6-9-29)19-21(35-24(25)31)4-7-26-10-12-27(13-11-26)22-3-2-20(30)18-23(22)28-14-16-34-17-15-28/h2-3,18,21,30H,4-17,19H2,1H3. The maximum absolute atomic E-state index is 12.7. The fourth-order valence-corrected chi connectivity index (χ4v) is 6.87. The summed E-state index contributed by atoms with van der Waals surface area (Å²) >= 11 is 0. The molecule has 0 aromatic heterocycles. The monoisotopic (exact) mass is 522 g/mol. The van der Waals surface area contributed by atoms with Gasteiger partial charge in [0.15, 0.2) is 0 Å². The van der Waals surface area contributed by atoms with E-state index >= 15 is 0 Å². The Hall–Kier alpha value is -2.08. The molecule has 4 fully saturated rings. The van der Waals surface area contributed by atoms with E-state index in [1.807, 2.05) is 12.1 Å². The number of phenols is 1. The third-order valence-corrected chi connectivity index (χ3v) is 9.57. The molecule has 10 nitrogen and oxygen atoms in total. The lowest BCUT2D eigenvalue weighted by Crippen LogP contribution is -2.47. The molecule has 4 heterocycles. The molecule has 1 aromatic rings. The summed E-state index contributed by atoms with van der Waals surface area (Å²) in [5, 5.41) is 10.1. The van der Waals surface area contributed by atoms with Crippen LogP contribution < -0.4 is 9.80 Å². The van der Waals surface area contributed by atoms with Crippen molar-refractivity contribution in [2.75, 3.05) is 88.2 Å². The number of benzene rings is 1. The number of morpholine rings is 1. The van der Waals surface area contributed by atoms with Crippen molar-refractivity contribution in [1.82, 2.24) is 9.21 Å². The molecule has 0 aliphatic carbocycles. The summed E-state index contributed by atoms with van der Waals surface area (Å²) in [6.07, 6.45) is 3.73. The van der Waals surface area contributed by atoms with Gasteiger partial charge in [-0.15, -0.1) is 0 Å². The molecule has 200 valence electrons. The lowest BCUT2D eigenvalue weighted by molar-refractivity contribution is -0.150. The van der Waals surface area contributed by atoms with Crippen molar-refractivity contribution in [2.45, 2.75) is 31.8 Å². The number of ether oxygens (including phenoxy) is 2. The largest absolute Gasteiger partial charge is 0.508 e. The van der Waals surface area contributed by atoms with E-state index in [0.717, 1.165) is 63.6 Å². The molecule has 0 saturated carbocycles. The van der Waals surface area contributed by atoms with Crippen LogP contribution in [0.25, 0.3) is 0 Å². The lowest BCUT2D eigenvalue weighted by Gasteiger charge is -2.39. The van der Waals surface area contributed by atoms with Gasteiger partial charge in [-0.1, -0.05) is 0 Å². The molecular formula is C25H38N4O6S. The van der Waals surface area contributed by atoms with Crippen LogP contribution in [0, 0.1) is 5.41 Å². The summed E-state index contributed by atoms with van der Waals surface area (Å²) in [6, 6.07) is 5.64. The second-order valence-electron chi connectivity index (χ2n) is 10.6. The van der Waals surface area contributed by atoms with Gasteiger partial charge in [-0.05, 0) is 31.4 Å². The number of cyclic esters (lactones) is 1. The second-order valence-corrected chi connectivity index (χ2v) is 12.5. The number of aromatic hydroxyl groups is 1. The zero-order valence-electron chi connectivity index (χ0n) is 21.1. The van der Waals surface area contributed by atoms with Gasteiger partial charge in [-0.3, -0.25) is 9.69 Å². The Kier molecular flexibility index (Phi) is 7.35. The van der Waals surface area contributed by atoms with E-state index in [-0.39, 0.29) is 17.8 Å². The average molecular weight is 523 g/mol. The highest BCUT2D eigenvalue weighted by Crippen LogP contribution is 2.44. The molecule has 1 atom stereocenters. The van der Waals surface area contributed by atoms with E-state index in [0.29, 0.717) is 45.6 Å². The Morgan fingerprint density at radius 1 is 0.972 bits per heavy atom. The third kappa shape index (κ3) is 5.44. The fraction of sp³-hybridized carbons (Fsp3) is 0.720. The predicted octanol–water partition coefficient (Wildman–Crippen LogP) is 1.10. The molecule has 1 spiro atoms. The number of anilines is 2. The summed E-state index contributed by atoms with van der Waals surface area (Å²) in [4.78, 5) is 19.8. The van der Waals surface area contributed by atoms with E-state index in [9.17, 15) is 18.3 Å². The summed E-state index contributed by atoms with van der Waals surface area (Å²) in [7, 11) is -3.21. The molecular weight excluding hydrogens is 484 g/mol. The fourth-order valence-electron chi connectivity index (χ4n) is 6.03. The van der Waals surface area contributed by atoms with Crippen LogP contribution in [0.5, 0.6) is 5.75 Å². The topological polar surface area (TPSA) is 103 Å². The van der Waals surface area contributed by atoms with Gasteiger partial charge in [0.2, 0.25) is 10.0 Å². The van der Waals surface area contributed by atoms with Gasteiger partial charge in [0.05, 0.1) is 36.3 Å². The number of hydrogen-bond donors (Lipinski definition) is 1. The minimum Gasteiger partial charge on any atom is -0.508 e. The van der Waals surface area contributed by atoms with Crippen molar-refractivity contribution < 1.29 is 27.8 Å². The van der Waals surface area contributed by atoms with Crippen molar-refractivity contribution >= 4 is 27.4 Å². The van der Waals surface area contributed by atoms with Gasteiger partial charge in [0.25, 0.3) is 0 Å². The van der Waals surface area contributed by atoms with Gasteiger partial charge < -0.3 is 24.4 Å². The van der Waals surface area contributed by atoms with Crippen LogP contribution >= 0.6 is 0 Å². The van der Waals surface area contributed by atoms with Gasteiger partial charge in [0.1, 0.15) is 11.9 Å². The summed E-state index contributed by atoms with van der Waals surface area (Å²) in [5.74, 6) is 0.137. The van der Waals surface area contributed by atoms with E-state index in [2.05, 4.69) is 14.7 Å². The molecule has 4 aliphatic rings. The number of piperidine rings is 1. The number of piperazine rings is 1. The van der Waals surface area contributed by atoms with Crippen LogP contribution in [0.15, 0.2) is 18.2 Å². The predicted molar refractivity (Wildman–Crippen MR) is 137 cm³/mol. The maximum Gasteiger partial charge on any atom is 0.312 e. The van der Waals surface area contributed by atoms with Crippen molar-refractivity contribution in [3.8, 4) is 5.75 Å². The third-order valence-electron chi connectivity index (χ3n) is 8.26. The number of phenolic OH excluding ortho intramolecular Hbond substituents is 1. The molecule has 1 unspecified atom stereocenters. The van der Waals surface area contributed by atoms with Crippen LogP contribution in [0.1, 0.15) is 25.7 Å². The number of esters is 1. The number of sulfonamides is 1. The van der Waals surface area contributed by atoms with Crippen molar-refractivity contribution in [3.63, 3.8) is 0 Å². The minimum absolute atomic E-state index is 0.0923. The average Bonchev–Trinajstić information content (AvgIpc) is 3.17. The molecule has 1 aromatic carbocycles. The second kappa shape index (κ2) is 10.4. The molecule has 0 bridgehead atoms. The smallest absolute Gasteiger partial charge is 0.312 e. The number of nitrogens with zero attached hydrogens (tertiary/aromatic N) is 4. The summed E-state index contributed by atoms with van der Waals surface area (Å²) < 4.78 is 36.4. The van der Waals surface area contributed by atoms with Crippen LogP contribution in [0.4, 0.5) is 11.4 Å². The molecule has 1 N–H and O–H groups in total. The van der Waals surface area contributed by atoms with Gasteiger partial charge in [-0.25, -0.2) is 12.7 Å². The molecule has 4 saturated heterocycles. The first-order valence-electron chi connectivity index (χ1n) is 13.0. The Morgan fingerprint density at radius 2 is 1.64 bits per heavy atom. The Balaban J connectivity index is 1.12. The highest BCUT2D eigenvalue weighted by molar-refractivity contribution is 7.88. The highest BCUT2D eigenvalue weighted by Gasteiger charge is 2.51. The lowest BCUT2D eigenvalue weighted by atomic mass is 9.76. The zero-order chi connectivity index (χ0) is 25.3. The first-order valence-corrected chi connectivity index (χ1v) is 14.9. The Bertz CT molecular complexity index is 1040. The van der Waals surface area contributed by atoms with E-state index in [4.69, 9.17) is 9.47 Å². The van der Waals surface area contributed by atoms with Crippen LogP contribution in [0.3, 0.4) is 0 Å². The van der Waals surface area contributed by atoms with Gasteiger partial charge >= 0.3 is 5.97 Å². The molecule has 0 amide bonds. The highest BCUT2D eigenvalue weighted by atomic mass is 32.2. The molecule has 36 heavy (non-hydrogen) atoms. The Morgan fingerprint density at radius 3 is 2.31 bits per heavy atom. The SMILES string of the molecule is CS(=O)(=O)N1CCC2(CC1)CC(CCN1CCN(c3ccc(O)cc3N3CCOCC3)CC1)OC2=O. The number of carbonyl (C=O) groups excluding carboxylic acids is 1. The van der Waals surface area contributed by atoms with Crippen LogP contribution in [0.2, 0.25) is 0 Å². The Labute approximate surface area is 213 Å². The quantitative estimate of drug-likeness (QED) is 0.550. The number of rotatable bonds is 6. The van der Waals surface area contributed by atoms with E-state index in [1.54, 1.807) is 6.07 Å². The van der Waals surface area contributed by atoms with E-state index < -0.39 is 15.4 Å². The number of hydrogen-bond acceptors (Lipinski definition) is 9. The van der Waals surface area contributed by atoms with Gasteiger partial charge in [-0.2, -0.15) is 0 Å². The molecule has 4 aliphatic heterocycles. The van der Waals surface area contributed by atoms with Gasteiger partial charge in [0, 0.05) is 71.4 Å². The number of carbonyl (C=O) groups is 1. The van der Waals surface area contributed by atoms with Crippen molar-refractivity contribution in [2.24, 2.45) is 5.41 Å². The van der Waals surface area contributed by atoms with Crippen molar-refractivity contribution in [1.29, 1.82) is 0 Å². The minimum atomic E-state index is -3.21. The maximum atomic E-state index is 12.7.